The first kappa shape index (κ1) is 19.5. The molecule has 0 radical (unpaired) electrons. The number of hydrogen-bond donors (Lipinski definition) is 0. The smallest absolute Gasteiger partial charge is 0.253 e. The number of nitrogens with zero attached hydrogens (tertiary/aromatic N) is 2. The largest absolute Gasteiger partial charge is 0.339 e. The summed E-state index contributed by atoms with van der Waals surface area (Å²) in [5, 5.41) is 0. The molecule has 0 aromatic heterocycles. The number of benzene rings is 2. The molecule has 2 heterocycles. The lowest BCUT2D eigenvalue weighted by atomic mass is 9.77. The maximum absolute atomic E-state index is 14.0. The second kappa shape index (κ2) is 7.54. The molecule has 29 heavy (non-hydrogen) atoms. The van der Waals surface area contributed by atoms with E-state index in [4.69, 9.17) is 0 Å². The first-order valence-corrected chi connectivity index (χ1v) is 9.67. The van der Waals surface area contributed by atoms with Crippen LogP contribution in [0.4, 0.5) is 13.2 Å². The summed E-state index contributed by atoms with van der Waals surface area (Å²) in [6, 6.07) is 11.1. The lowest BCUT2D eigenvalue weighted by Gasteiger charge is -2.38. The van der Waals surface area contributed by atoms with E-state index in [0.29, 0.717) is 44.5 Å². The monoisotopic (exact) mass is 402 g/mol. The van der Waals surface area contributed by atoms with E-state index < -0.39 is 22.9 Å². The molecule has 4 nitrogen and oxygen atoms in total. The second-order valence-corrected chi connectivity index (χ2v) is 7.75. The number of carbonyl (C=O) groups is 2. The van der Waals surface area contributed by atoms with Gasteiger partial charge in [0.05, 0.1) is 5.41 Å². The van der Waals surface area contributed by atoms with Crippen LogP contribution in [-0.2, 0) is 11.3 Å². The van der Waals surface area contributed by atoms with Gasteiger partial charge in [0.2, 0.25) is 5.91 Å². The van der Waals surface area contributed by atoms with Crippen molar-refractivity contribution in [2.45, 2.75) is 25.8 Å². The van der Waals surface area contributed by atoms with Crippen LogP contribution in [0.5, 0.6) is 0 Å². The highest BCUT2D eigenvalue weighted by Crippen LogP contribution is 2.42. The molecule has 1 spiro atoms. The molecule has 2 aliphatic rings. The van der Waals surface area contributed by atoms with Crippen molar-refractivity contribution < 1.29 is 22.8 Å². The molecule has 2 aromatic carbocycles. The Morgan fingerprint density at radius 3 is 2.24 bits per heavy atom. The Labute approximate surface area is 166 Å². The molecule has 0 bridgehead atoms. The summed E-state index contributed by atoms with van der Waals surface area (Å²) in [6.45, 7) is 1.31. The van der Waals surface area contributed by atoms with Crippen molar-refractivity contribution in [3.63, 3.8) is 0 Å². The van der Waals surface area contributed by atoms with E-state index in [0.717, 1.165) is 6.07 Å². The van der Waals surface area contributed by atoms with Crippen LogP contribution in [0.15, 0.2) is 42.5 Å². The highest BCUT2D eigenvalue weighted by molar-refractivity contribution is 5.94. The highest BCUT2D eigenvalue weighted by Gasteiger charge is 2.48. The summed E-state index contributed by atoms with van der Waals surface area (Å²) in [4.78, 5) is 28.9. The molecule has 2 amide bonds. The standard InChI is InChI=1S/C22H21F3N2O2/c23-17-7-6-16(18(24)19(17)25)14-27-13-10-22(21(27)29)8-11-26(12-9-22)20(28)15-4-2-1-3-5-15/h1-7H,8-14H2. The van der Waals surface area contributed by atoms with Gasteiger partial charge in [-0.1, -0.05) is 24.3 Å². The molecule has 2 fully saturated rings. The Morgan fingerprint density at radius 2 is 1.55 bits per heavy atom. The third-order valence-corrected chi connectivity index (χ3v) is 6.11. The number of amides is 2. The fourth-order valence-electron chi connectivity index (χ4n) is 4.30. The summed E-state index contributed by atoms with van der Waals surface area (Å²) < 4.78 is 40.6. The molecule has 2 saturated heterocycles. The van der Waals surface area contributed by atoms with Crippen molar-refractivity contribution in [1.29, 1.82) is 0 Å². The summed E-state index contributed by atoms with van der Waals surface area (Å²) in [5.74, 6) is -4.16. The molecule has 0 aliphatic carbocycles. The summed E-state index contributed by atoms with van der Waals surface area (Å²) in [5.41, 5.74) is 0.0188. The number of piperidine rings is 1. The van der Waals surface area contributed by atoms with Gasteiger partial charge >= 0.3 is 0 Å². The maximum Gasteiger partial charge on any atom is 0.253 e. The Hall–Kier alpha value is -2.83. The van der Waals surface area contributed by atoms with Crippen LogP contribution >= 0.6 is 0 Å². The van der Waals surface area contributed by atoms with Gasteiger partial charge < -0.3 is 9.80 Å². The van der Waals surface area contributed by atoms with Crippen molar-refractivity contribution in [2.24, 2.45) is 5.41 Å². The van der Waals surface area contributed by atoms with E-state index in [1.165, 1.54) is 11.0 Å². The zero-order chi connectivity index (χ0) is 20.6. The van der Waals surface area contributed by atoms with Crippen LogP contribution in [0.25, 0.3) is 0 Å². The van der Waals surface area contributed by atoms with Crippen LogP contribution in [0, 0.1) is 22.9 Å². The molecule has 2 aromatic rings. The minimum absolute atomic E-state index is 0.0361. The SMILES string of the molecule is O=C(c1ccccc1)N1CCC2(CC1)CCN(Cc1ccc(F)c(F)c1F)C2=O. The van der Waals surface area contributed by atoms with Gasteiger partial charge in [-0.05, 0) is 37.5 Å². The van der Waals surface area contributed by atoms with Gasteiger partial charge in [-0.3, -0.25) is 9.59 Å². The van der Waals surface area contributed by atoms with Gasteiger partial charge in [-0.2, -0.15) is 0 Å². The molecule has 0 atom stereocenters. The average molecular weight is 402 g/mol. The Kier molecular flexibility index (Phi) is 5.06. The topological polar surface area (TPSA) is 40.6 Å². The van der Waals surface area contributed by atoms with E-state index in [1.54, 1.807) is 17.0 Å². The van der Waals surface area contributed by atoms with Gasteiger partial charge in [-0.25, -0.2) is 13.2 Å². The molecule has 4 rings (SSSR count). The van der Waals surface area contributed by atoms with E-state index in [1.807, 2.05) is 18.2 Å². The van der Waals surface area contributed by atoms with Gasteiger partial charge in [0.15, 0.2) is 17.5 Å². The Bertz CT molecular complexity index is 941. The molecule has 0 unspecified atom stereocenters. The highest BCUT2D eigenvalue weighted by atomic mass is 19.2. The van der Waals surface area contributed by atoms with Crippen LogP contribution in [-0.4, -0.2) is 41.2 Å². The average Bonchev–Trinajstić information content (AvgIpc) is 3.04. The van der Waals surface area contributed by atoms with Crippen LogP contribution in [0.2, 0.25) is 0 Å². The number of rotatable bonds is 3. The Morgan fingerprint density at radius 1 is 0.897 bits per heavy atom. The molecule has 0 saturated carbocycles. The van der Waals surface area contributed by atoms with Gasteiger partial charge in [0.25, 0.3) is 5.91 Å². The first-order valence-electron chi connectivity index (χ1n) is 9.67. The summed E-state index contributed by atoms with van der Waals surface area (Å²) >= 11 is 0. The lowest BCUT2D eigenvalue weighted by molar-refractivity contribution is -0.138. The molecule has 7 heteroatoms. The number of likely N-dealkylation sites (tertiary alicyclic amines) is 2. The molecule has 2 aliphatic heterocycles. The molecular formula is C22H21F3N2O2. The maximum atomic E-state index is 14.0. The van der Waals surface area contributed by atoms with Crippen LogP contribution in [0.3, 0.4) is 0 Å². The van der Waals surface area contributed by atoms with Crippen LogP contribution < -0.4 is 0 Å². The van der Waals surface area contributed by atoms with Gasteiger partial charge in [-0.15, -0.1) is 0 Å². The number of carbonyl (C=O) groups excluding carboxylic acids is 2. The fraction of sp³-hybridized carbons (Fsp3) is 0.364. The summed E-state index contributed by atoms with van der Waals surface area (Å²) in [7, 11) is 0. The van der Waals surface area contributed by atoms with Crippen molar-refractivity contribution >= 4 is 11.8 Å². The molecular weight excluding hydrogens is 381 g/mol. The zero-order valence-electron chi connectivity index (χ0n) is 15.8. The number of hydrogen-bond acceptors (Lipinski definition) is 2. The third-order valence-electron chi connectivity index (χ3n) is 6.11. The fourth-order valence-corrected chi connectivity index (χ4v) is 4.30. The number of halogens is 3. The lowest BCUT2D eigenvalue weighted by Crippen LogP contribution is -2.46. The quantitative estimate of drug-likeness (QED) is 0.734. The normalized spacial score (nSPS) is 18.5. The van der Waals surface area contributed by atoms with Gasteiger partial charge in [0, 0.05) is 37.3 Å². The van der Waals surface area contributed by atoms with Crippen molar-refractivity contribution in [1.82, 2.24) is 9.80 Å². The van der Waals surface area contributed by atoms with Crippen molar-refractivity contribution in [3.05, 3.63) is 71.0 Å². The van der Waals surface area contributed by atoms with E-state index in [9.17, 15) is 22.8 Å². The minimum atomic E-state index is -1.52. The van der Waals surface area contributed by atoms with Gasteiger partial charge in [0.1, 0.15) is 0 Å². The third kappa shape index (κ3) is 3.50. The predicted molar refractivity (Wildman–Crippen MR) is 100 cm³/mol. The van der Waals surface area contributed by atoms with Crippen LogP contribution in [0.1, 0.15) is 35.2 Å². The summed E-state index contributed by atoms with van der Waals surface area (Å²) in [6.07, 6.45) is 1.70. The molecule has 0 N–H and O–H groups in total. The van der Waals surface area contributed by atoms with E-state index in [2.05, 4.69) is 0 Å². The van der Waals surface area contributed by atoms with Crippen molar-refractivity contribution in [2.75, 3.05) is 19.6 Å². The van der Waals surface area contributed by atoms with E-state index >= 15 is 0 Å². The van der Waals surface area contributed by atoms with E-state index in [-0.39, 0.29) is 23.9 Å². The Balaban J connectivity index is 1.42. The second-order valence-electron chi connectivity index (χ2n) is 7.75. The van der Waals surface area contributed by atoms with Crippen molar-refractivity contribution in [3.8, 4) is 0 Å². The molecule has 152 valence electrons. The predicted octanol–water partition coefficient (Wildman–Crippen LogP) is 3.76. The zero-order valence-corrected chi connectivity index (χ0v) is 15.8. The first-order chi connectivity index (χ1) is 13.9. The minimum Gasteiger partial charge on any atom is -0.339 e.